The Labute approximate surface area is 213 Å². The fraction of sp³-hybridized carbons (Fsp3) is 0.759. The molecule has 2 rings (SSSR count). The van der Waals surface area contributed by atoms with Crippen LogP contribution in [0.15, 0.2) is 24.3 Å². The lowest BCUT2D eigenvalue weighted by Crippen LogP contribution is -3.00. The highest BCUT2D eigenvalue weighted by Gasteiger charge is 2.44. The van der Waals surface area contributed by atoms with Crippen molar-refractivity contribution in [1.82, 2.24) is 0 Å². The number of halogens is 2. The first-order valence-corrected chi connectivity index (χ1v) is 13.7. The van der Waals surface area contributed by atoms with Crippen LogP contribution in [0.1, 0.15) is 91.0 Å². The molecule has 1 aromatic rings. The second kappa shape index (κ2) is 18.7. The number of unbranched alkanes of at least 4 members (excludes halogenated alkanes) is 4. The molecular weight excluding hydrogens is 446 g/mol. The molecule has 1 aromatic carbocycles. The second-order valence-electron chi connectivity index (χ2n) is 9.92. The van der Waals surface area contributed by atoms with Crippen molar-refractivity contribution < 1.29 is 23.4 Å². The van der Waals surface area contributed by atoms with E-state index >= 15 is 0 Å². The van der Waals surface area contributed by atoms with E-state index in [9.17, 15) is 14.8 Å². The minimum atomic E-state index is -0.974. The molecule has 0 bridgehead atoms. The van der Waals surface area contributed by atoms with Gasteiger partial charge >= 0.3 is 0 Å². The molecular formula is C29H50F2N2O2. The number of nitrogens with zero attached hydrogens (tertiary/aromatic N) is 2. The van der Waals surface area contributed by atoms with E-state index in [1.165, 1.54) is 88.1 Å². The van der Waals surface area contributed by atoms with E-state index in [0.717, 1.165) is 0 Å². The molecule has 1 heterocycles. The van der Waals surface area contributed by atoms with Gasteiger partial charge in [-0.2, -0.15) is 5.26 Å². The zero-order valence-corrected chi connectivity index (χ0v) is 22.7. The number of benzene rings is 1. The van der Waals surface area contributed by atoms with Gasteiger partial charge in [0, 0.05) is 24.7 Å². The molecule has 1 saturated heterocycles. The molecule has 4 nitrogen and oxygen atoms in total. The van der Waals surface area contributed by atoms with Gasteiger partial charge in [-0.25, -0.2) is 4.39 Å². The first kappa shape index (κ1) is 33.4. The Hall–Kier alpha value is -1.55. The maximum absolute atomic E-state index is 13.8. The molecule has 2 atom stereocenters. The Morgan fingerprint density at radius 1 is 0.971 bits per heavy atom. The van der Waals surface area contributed by atoms with Gasteiger partial charge in [-0.1, -0.05) is 71.6 Å². The van der Waals surface area contributed by atoms with Crippen molar-refractivity contribution in [3.63, 3.8) is 0 Å². The van der Waals surface area contributed by atoms with Crippen LogP contribution in [0.5, 0.6) is 0 Å². The van der Waals surface area contributed by atoms with Crippen LogP contribution < -0.4 is 4.70 Å². The predicted octanol–water partition coefficient (Wildman–Crippen LogP) is 3.62. The average molecular weight is 497 g/mol. The number of ether oxygens (including phenoxy) is 1. The lowest BCUT2D eigenvalue weighted by Gasteiger charge is -2.39. The highest BCUT2D eigenvalue weighted by Crippen LogP contribution is 2.39. The molecule has 0 amide bonds. The number of quaternary nitrogens is 1. The van der Waals surface area contributed by atoms with Crippen molar-refractivity contribution in [3.8, 4) is 6.07 Å². The molecule has 202 valence electrons. The largest absolute Gasteiger partial charge is 1.00 e. The van der Waals surface area contributed by atoms with Crippen molar-refractivity contribution in [1.29, 1.82) is 5.26 Å². The molecule has 0 aromatic heterocycles. The highest BCUT2D eigenvalue weighted by atomic mass is 19.1. The smallest absolute Gasteiger partial charge is 0.128 e. The molecule has 0 aliphatic carbocycles. The second-order valence-corrected chi connectivity index (χ2v) is 9.92. The van der Waals surface area contributed by atoms with Gasteiger partial charge in [0.05, 0.1) is 44.3 Å². The fourth-order valence-electron chi connectivity index (χ4n) is 5.04. The van der Waals surface area contributed by atoms with Crippen molar-refractivity contribution in [2.45, 2.75) is 90.9 Å². The van der Waals surface area contributed by atoms with Crippen LogP contribution >= 0.6 is 0 Å². The van der Waals surface area contributed by atoms with Crippen molar-refractivity contribution >= 4 is 0 Å². The molecule has 0 radical (unpaired) electrons. The van der Waals surface area contributed by atoms with Crippen molar-refractivity contribution in [3.05, 3.63) is 35.6 Å². The van der Waals surface area contributed by atoms with E-state index in [1.54, 1.807) is 18.2 Å². The monoisotopic (exact) mass is 496 g/mol. The standard InChI is InChI=1S/C16H36N.C13H14FNO2.FH/c1-5-9-13-17(14-10-6-2,15-11-7-3)16-12-8-4;14-12-4-2-1-3-11(12)13(9-15)5-6-17-8-10(13)7-16;/h5-16H2,1-4H3;1-4,10,16H,5-8H2;1H/q+1;;/p-1. The summed E-state index contributed by atoms with van der Waals surface area (Å²) < 4.78 is 20.5. The Balaban J connectivity index is 0.000000642. The lowest BCUT2D eigenvalue weighted by molar-refractivity contribution is -0.929. The molecule has 2 unspecified atom stereocenters. The number of hydrogen-bond donors (Lipinski definition) is 1. The zero-order valence-electron chi connectivity index (χ0n) is 22.7. The lowest BCUT2D eigenvalue weighted by atomic mass is 9.68. The summed E-state index contributed by atoms with van der Waals surface area (Å²) in [5.74, 6) is -0.771. The highest BCUT2D eigenvalue weighted by molar-refractivity contribution is 5.35. The molecule has 1 fully saturated rings. The maximum Gasteiger partial charge on any atom is 0.128 e. The molecule has 0 saturated carbocycles. The Morgan fingerprint density at radius 3 is 1.86 bits per heavy atom. The average Bonchev–Trinajstić information content (AvgIpc) is 2.88. The van der Waals surface area contributed by atoms with Crippen LogP contribution in [0, 0.1) is 23.1 Å². The van der Waals surface area contributed by atoms with Gasteiger partial charge in [0.15, 0.2) is 0 Å². The van der Waals surface area contributed by atoms with E-state index in [1.807, 2.05) is 0 Å². The van der Waals surface area contributed by atoms with Crippen LogP contribution in [-0.4, -0.2) is 55.6 Å². The Bertz CT molecular complexity index is 673. The first-order chi connectivity index (χ1) is 16.5. The van der Waals surface area contributed by atoms with Gasteiger partial charge in [-0.15, -0.1) is 0 Å². The van der Waals surface area contributed by atoms with E-state index in [0.29, 0.717) is 25.2 Å². The fourth-order valence-corrected chi connectivity index (χ4v) is 5.04. The van der Waals surface area contributed by atoms with Crippen molar-refractivity contribution in [2.75, 3.05) is 46.0 Å². The minimum Gasteiger partial charge on any atom is -1.00 e. The predicted molar refractivity (Wildman–Crippen MR) is 139 cm³/mol. The summed E-state index contributed by atoms with van der Waals surface area (Å²) in [6.45, 7) is 15.5. The van der Waals surface area contributed by atoms with Crippen molar-refractivity contribution in [2.24, 2.45) is 5.92 Å². The van der Waals surface area contributed by atoms with Crippen LogP contribution in [0.2, 0.25) is 0 Å². The summed E-state index contributed by atoms with van der Waals surface area (Å²) in [5.41, 5.74) is -0.608. The summed E-state index contributed by atoms with van der Waals surface area (Å²) in [5, 5.41) is 18.8. The van der Waals surface area contributed by atoms with Gasteiger partial charge in [0.25, 0.3) is 0 Å². The Morgan fingerprint density at radius 2 is 1.46 bits per heavy atom. The van der Waals surface area contributed by atoms with Crippen LogP contribution in [-0.2, 0) is 10.2 Å². The van der Waals surface area contributed by atoms with Gasteiger partial charge < -0.3 is 19.0 Å². The molecule has 6 heteroatoms. The number of aliphatic hydroxyl groups is 1. The summed E-state index contributed by atoms with van der Waals surface area (Å²) in [6.07, 6.45) is 11.5. The third-order valence-electron chi connectivity index (χ3n) is 7.38. The van der Waals surface area contributed by atoms with Gasteiger partial charge in [-0.3, -0.25) is 0 Å². The third-order valence-corrected chi connectivity index (χ3v) is 7.38. The van der Waals surface area contributed by atoms with E-state index in [4.69, 9.17) is 4.74 Å². The number of aliphatic hydroxyl groups excluding tert-OH is 1. The van der Waals surface area contributed by atoms with E-state index < -0.39 is 11.2 Å². The zero-order chi connectivity index (χ0) is 25.3. The van der Waals surface area contributed by atoms with Crippen LogP contribution in [0.4, 0.5) is 4.39 Å². The van der Waals surface area contributed by atoms with E-state index in [-0.39, 0.29) is 17.2 Å². The number of nitriles is 1. The molecule has 1 aliphatic rings. The topological polar surface area (TPSA) is 53.2 Å². The molecule has 35 heavy (non-hydrogen) atoms. The third kappa shape index (κ3) is 10.1. The molecule has 1 N–H and O–H groups in total. The van der Waals surface area contributed by atoms with Gasteiger partial charge in [-0.05, 0) is 38.2 Å². The first-order valence-electron chi connectivity index (χ1n) is 13.7. The summed E-state index contributed by atoms with van der Waals surface area (Å²) in [4.78, 5) is 0. The minimum absolute atomic E-state index is 0. The maximum atomic E-state index is 13.8. The number of hydrogen-bond acceptors (Lipinski definition) is 3. The van der Waals surface area contributed by atoms with E-state index in [2.05, 4.69) is 33.8 Å². The van der Waals surface area contributed by atoms with Crippen LogP contribution in [0.3, 0.4) is 0 Å². The SMILES string of the molecule is CCCC[N+](CCCC)(CCCC)CCCC.N#CC1(c2ccccc2F)CCOCC1CO.[F-]. The number of rotatable bonds is 14. The normalized spacial score (nSPS) is 19.7. The van der Waals surface area contributed by atoms with Gasteiger partial charge in [0.2, 0.25) is 0 Å². The molecule has 1 aliphatic heterocycles. The molecule has 0 spiro atoms. The van der Waals surface area contributed by atoms with Gasteiger partial charge in [0.1, 0.15) is 5.82 Å². The summed E-state index contributed by atoms with van der Waals surface area (Å²) >= 11 is 0. The summed E-state index contributed by atoms with van der Waals surface area (Å²) in [7, 11) is 0. The Kier molecular flexibility index (Phi) is 17.9. The van der Waals surface area contributed by atoms with Crippen LogP contribution in [0.25, 0.3) is 0 Å². The summed E-state index contributed by atoms with van der Waals surface area (Å²) in [6, 6.07) is 8.46. The quantitative estimate of drug-likeness (QED) is 0.400.